The number of halogens is 1. The summed E-state index contributed by atoms with van der Waals surface area (Å²) in [6, 6.07) is 7.11. The summed E-state index contributed by atoms with van der Waals surface area (Å²) in [5, 5.41) is 13.4. The molecule has 0 aliphatic rings. The highest BCUT2D eigenvalue weighted by Gasteiger charge is 2.14. The van der Waals surface area contributed by atoms with E-state index in [4.69, 9.17) is 16.7 Å². The molecule has 0 aliphatic heterocycles. The van der Waals surface area contributed by atoms with E-state index in [0.717, 1.165) is 5.69 Å². The van der Waals surface area contributed by atoms with Crippen LogP contribution in [-0.2, 0) is 4.79 Å². The van der Waals surface area contributed by atoms with Crippen molar-refractivity contribution in [3.63, 3.8) is 0 Å². The first-order valence-electron chi connectivity index (χ1n) is 6.75. The van der Waals surface area contributed by atoms with Gasteiger partial charge in [0.2, 0.25) is 0 Å². The van der Waals surface area contributed by atoms with Gasteiger partial charge in [0.15, 0.2) is 0 Å². The first-order valence-corrected chi connectivity index (χ1v) is 7.13. The molecule has 0 aliphatic carbocycles. The molecule has 0 saturated heterocycles. The van der Waals surface area contributed by atoms with Gasteiger partial charge < -0.3 is 10.0 Å². The Labute approximate surface area is 132 Å². The van der Waals surface area contributed by atoms with Crippen LogP contribution >= 0.6 is 11.6 Å². The molecule has 2 rings (SSSR count). The van der Waals surface area contributed by atoms with E-state index in [2.05, 4.69) is 5.10 Å². The maximum absolute atomic E-state index is 12.2. The zero-order valence-electron chi connectivity index (χ0n) is 12.1. The molecule has 0 fully saturated rings. The van der Waals surface area contributed by atoms with Crippen LogP contribution in [0.25, 0.3) is 5.69 Å². The van der Waals surface area contributed by atoms with E-state index >= 15 is 0 Å². The Bertz CT molecular complexity index is 667. The van der Waals surface area contributed by atoms with Crippen LogP contribution in [0.3, 0.4) is 0 Å². The largest absolute Gasteiger partial charge is 0.481 e. The second-order valence-electron chi connectivity index (χ2n) is 4.87. The SMILES string of the molecule is CN(CCCC(=O)O)C(=O)c1cnn(-c2ccc(Cl)cc2)c1. The van der Waals surface area contributed by atoms with E-state index < -0.39 is 5.97 Å². The first kappa shape index (κ1) is 16.0. The summed E-state index contributed by atoms with van der Waals surface area (Å²) in [7, 11) is 1.64. The second kappa shape index (κ2) is 7.09. The summed E-state index contributed by atoms with van der Waals surface area (Å²) in [5.74, 6) is -1.05. The molecule has 1 aromatic heterocycles. The number of amides is 1. The van der Waals surface area contributed by atoms with Crippen molar-refractivity contribution in [1.29, 1.82) is 0 Å². The Balaban J connectivity index is 2.02. The summed E-state index contributed by atoms with van der Waals surface area (Å²) >= 11 is 5.83. The molecule has 0 spiro atoms. The van der Waals surface area contributed by atoms with E-state index in [1.54, 1.807) is 42.2 Å². The Hall–Kier alpha value is -2.34. The Morgan fingerprint density at radius 1 is 1.32 bits per heavy atom. The third-order valence-corrected chi connectivity index (χ3v) is 3.40. The minimum atomic E-state index is -0.864. The van der Waals surface area contributed by atoms with E-state index in [1.807, 2.05) is 0 Å². The Morgan fingerprint density at radius 2 is 2.00 bits per heavy atom. The number of carboxylic acid groups (broad SMARTS) is 1. The van der Waals surface area contributed by atoms with E-state index in [1.165, 1.54) is 11.1 Å². The van der Waals surface area contributed by atoms with Crippen molar-refractivity contribution >= 4 is 23.5 Å². The third-order valence-electron chi connectivity index (χ3n) is 3.15. The lowest BCUT2D eigenvalue weighted by Crippen LogP contribution is -2.27. The van der Waals surface area contributed by atoms with Crippen molar-refractivity contribution in [3.8, 4) is 5.69 Å². The lowest BCUT2D eigenvalue weighted by Gasteiger charge is -2.15. The van der Waals surface area contributed by atoms with Gasteiger partial charge in [0.1, 0.15) is 0 Å². The van der Waals surface area contributed by atoms with Gasteiger partial charge in [-0.2, -0.15) is 5.10 Å². The van der Waals surface area contributed by atoms with E-state index in [9.17, 15) is 9.59 Å². The highest BCUT2D eigenvalue weighted by Crippen LogP contribution is 2.14. The van der Waals surface area contributed by atoms with Crippen LogP contribution in [0.5, 0.6) is 0 Å². The summed E-state index contributed by atoms with van der Waals surface area (Å²) in [6.07, 6.45) is 3.59. The van der Waals surface area contributed by atoms with Gasteiger partial charge in [-0.15, -0.1) is 0 Å². The van der Waals surface area contributed by atoms with Crippen molar-refractivity contribution in [2.24, 2.45) is 0 Å². The molecule has 0 unspecified atom stereocenters. The summed E-state index contributed by atoms with van der Waals surface area (Å²) < 4.78 is 1.59. The van der Waals surface area contributed by atoms with E-state index in [0.29, 0.717) is 23.6 Å². The predicted octanol–water partition coefficient (Wildman–Crippen LogP) is 2.46. The first-order chi connectivity index (χ1) is 10.5. The average Bonchev–Trinajstić information content (AvgIpc) is 2.96. The van der Waals surface area contributed by atoms with Crippen molar-refractivity contribution in [2.75, 3.05) is 13.6 Å². The molecule has 6 nitrogen and oxygen atoms in total. The van der Waals surface area contributed by atoms with Gasteiger partial charge in [0, 0.05) is 31.2 Å². The number of aromatic nitrogens is 2. The predicted molar refractivity (Wildman–Crippen MR) is 82.4 cm³/mol. The summed E-state index contributed by atoms with van der Waals surface area (Å²) in [5.41, 5.74) is 1.25. The average molecular weight is 322 g/mol. The molecular weight excluding hydrogens is 306 g/mol. The van der Waals surface area contributed by atoms with Crippen LogP contribution in [0.2, 0.25) is 5.02 Å². The molecule has 0 radical (unpaired) electrons. The number of hydrogen-bond donors (Lipinski definition) is 1. The smallest absolute Gasteiger partial charge is 0.303 e. The Kier molecular flexibility index (Phi) is 5.16. The van der Waals surface area contributed by atoms with Gasteiger partial charge >= 0.3 is 5.97 Å². The van der Waals surface area contributed by atoms with Gasteiger partial charge in [-0.05, 0) is 30.7 Å². The van der Waals surface area contributed by atoms with E-state index in [-0.39, 0.29) is 12.3 Å². The molecule has 1 aromatic carbocycles. The van der Waals surface area contributed by atoms with Crippen LogP contribution in [0.4, 0.5) is 0 Å². The van der Waals surface area contributed by atoms with Crippen molar-refractivity contribution < 1.29 is 14.7 Å². The lowest BCUT2D eigenvalue weighted by atomic mass is 10.2. The second-order valence-corrected chi connectivity index (χ2v) is 5.31. The zero-order valence-corrected chi connectivity index (χ0v) is 12.8. The van der Waals surface area contributed by atoms with Crippen molar-refractivity contribution in [3.05, 3.63) is 47.2 Å². The van der Waals surface area contributed by atoms with Crippen LogP contribution in [0.15, 0.2) is 36.7 Å². The molecule has 1 amide bonds. The normalized spacial score (nSPS) is 10.5. The molecule has 2 aromatic rings. The quantitative estimate of drug-likeness (QED) is 0.886. The molecule has 0 atom stereocenters. The molecule has 0 bridgehead atoms. The van der Waals surface area contributed by atoms with Crippen molar-refractivity contribution in [1.82, 2.24) is 14.7 Å². The lowest BCUT2D eigenvalue weighted by molar-refractivity contribution is -0.137. The number of carbonyl (C=O) groups excluding carboxylic acids is 1. The number of carbonyl (C=O) groups is 2. The number of rotatable bonds is 6. The molecular formula is C15H16ClN3O3. The molecule has 0 saturated carbocycles. The molecule has 1 heterocycles. The molecule has 116 valence electrons. The van der Waals surface area contributed by atoms with Gasteiger partial charge in [-0.25, -0.2) is 4.68 Å². The topological polar surface area (TPSA) is 75.4 Å². The maximum Gasteiger partial charge on any atom is 0.303 e. The van der Waals surface area contributed by atoms with Crippen LogP contribution in [-0.4, -0.2) is 45.3 Å². The fraction of sp³-hybridized carbons (Fsp3) is 0.267. The number of aliphatic carboxylic acids is 1. The number of nitrogens with zero attached hydrogens (tertiary/aromatic N) is 3. The fourth-order valence-corrected chi connectivity index (χ4v) is 2.08. The number of hydrogen-bond acceptors (Lipinski definition) is 3. The summed E-state index contributed by atoms with van der Waals surface area (Å²) in [4.78, 5) is 24.2. The molecule has 1 N–H and O–H groups in total. The van der Waals surface area contributed by atoms with Gasteiger partial charge in [-0.3, -0.25) is 9.59 Å². The highest BCUT2D eigenvalue weighted by atomic mass is 35.5. The minimum Gasteiger partial charge on any atom is -0.481 e. The van der Waals surface area contributed by atoms with Crippen LogP contribution < -0.4 is 0 Å². The van der Waals surface area contributed by atoms with Gasteiger partial charge in [0.05, 0.1) is 17.4 Å². The number of benzene rings is 1. The van der Waals surface area contributed by atoms with Crippen LogP contribution in [0.1, 0.15) is 23.2 Å². The van der Waals surface area contributed by atoms with Gasteiger partial charge in [0.25, 0.3) is 5.91 Å². The summed E-state index contributed by atoms with van der Waals surface area (Å²) in [6.45, 7) is 0.386. The minimum absolute atomic E-state index is 0.0433. The number of carboxylic acids is 1. The standard InChI is InChI=1S/C15H16ClN3O3/c1-18(8-2-3-14(20)21)15(22)11-9-17-19(10-11)13-6-4-12(16)5-7-13/h4-7,9-10H,2-3,8H2,1H3,(H,20,21). The van der Waals surface area contributed by atoms with Crippen molar-refractivity contribution in [2.45, 2.75) is 12.8 Å². The Morgan fingerprint density at radius 3 is 2.64 bits per heavy atom. The monoisotopic (exact) mass is 321 g/mol. The zero-order chi connectivity index (χ0) is 16.1. The fourth-order valence-electron chi connectivity index (χ4n) is 1.96. The third kappa shape index (κ3) is 4.08. The van der Waals surface area contributed by atoms with Crippen LogP contribution in [0, 0.1) is 0 Å². The molecule has 22 heavy (non-hydrogen) atoms. The molecule has 7 heteroatoms. The van der Waals surface area contributed by atoms with Gasteiger partial charge in [-0.1, -0.05) is 11.6 Å². The highest BCUT2D eigenvalue weighted by molar-refractivity contribution is 6.30. The maximum atomic E-state index is 12.2.